The molecular formula is C17H24ClNO4. The first-order valence-corrected chi connectivity index (χ1v) is 8.39. The smallest absolute Gasteiger partial charge is 0.271 e. The van der Waals surface area contributed by atoms with Gasteiger partial charge in [-0.25, -0.2) is 0 Å². The van der Waals surface area contributed by atoms with Crippen molar-refractivity contribution in [2.45, 2.75) is 51.3 Å². The molecule has 0 spiro atoms. The van der Waals surface area contributed by atoms with E-state index in [1.54, 1.807) is 4.90 Å². The molecule has 2 rings (SSSR count). The fraction of sp³-hybridized carbons (Fsp3) is 0.588. The summed E-state index contributed by atoms with van der Waals surface area (Å²) in [6.45, 7) is 6.58. The Bertz CT molecular complexity index is 489. The molecule has 0 radical (unpaired) electrons. The van der Waals surface area contributed by atoms with Crippen LogP contribution >= 0.6 is 11.6 Å². The molecule has 23 heavy (non-hydrogen) atoms. The van der Waals surface area contributed by atoms with Crippen LogP contribution in [0.1, 0.15) is 27.2 Å². The molecule has 128 valence electrons. The van der Waals surface area contributed by atoms with Crippen LogP contribution in [0.5, 0.6) is 0 Å². The summed E-state index contributed by atoms with van der Waals surface area (Å²) in [5.74, 6) is -0.314. The molecule has 3 atom stereocenters. The van der Waals surface area contributed by atoms with E-state index in [0.717, 1.165) is 12.1 Å². The Hall–Kier alpha value is -1.14. The van der Waals surface area contributed by atoms with Gasteiger partial charge in [0.05, 0.1) is 18.8 Å². The molecule has 0 N–H and O–H groups in total. The minimum atomic E-state index is -1.02. The predicted octanol–water partition coefficient (Wildman–Crippen LogP) is 3.16. The summed E-state index contributed by atoms with van der Waals surface area (Å²) in [5, 5.41) is 0. The summed E-state index contributed by atoms with van der Waals surface area (Å²) < 4.78 is 16.8. The van der Waals surface area contributed by atoms with Gasteiger partial charge in [0.2, 0.25) is 5.56 Å². The number of hydrogen-bond donors (Lipinski definition) is 0. The highest BCUT2D eigenvalue weighted by molar-refractivity contribution is 6.31. The Morgan fingerprint density at radius 1 is 1.26 bits per heavy atom. The van der Waals surface area contributed by atoms with Crippen LogP contribution in [0.15, 0.2) is 30.3 Å². The van der Waals surface area contributed by atoms with Gasteiger partial charge in [-0.05, 0) is 32.4 Å². The maximum Gasteiger partial charge on any atom is 0.271 e. The number of nitrogens with zero attached hydrogens (tertiary/aromatic N) is 1. The zero-order valence-electron chi connectivity index (χ0n) is 13.8. The van der Waals surface area contributed by atoms with E-state index in [1.165, 1.54) is 0 Å². The molecule has 0 saturated carbocycles. The molecule has 1 aliphatic heterocycles. The van der Waals surface area contributed by atoms with Crippen molar-refractivity contribution in [2.24, 2.45) is 0 Å². The Morgan fingerprint density at radius 3 is 2.43 bits per heavy atom. The number of rotatable bonds is 7. The van der Waals surface area contributed by atoms with E-state index in [2.05, 4.69) is 0 Å². The topological polar surface area (TPSA) is 48.0 Å². The van der Waals surface area contributed by atoms with Crippen molar-refractivity contribution in [3.63, 3.8) is 0 Å². The van der Waals surface area contributed by atoms with Crippen molar-refractivity contribution in [1.29, 1.82) is 0 Å². The van der Waals surface area contributed by atoms with E-state index in [9.17, 15) is 4.79 Å². The first kappa shape index (κ1) is 18.2. The molecule has 3 unspecified atom stereocenters. The number of carbonyl (C=O) groups excluding carboxylic acids is 1. The van der Waals surface area contributed by atoms with E-state index in [1.807, 2.05) is 51.1 Å². The molecule has 1 fully saturated rings. The molecule has 1 aromatic carbocycles. The van der Waals surface area contributed by atoms with Crippen LogP contribution in [0.3, 0.4) is 0 Å². The lowest BCUT2D eigenvalue weighted by Gasteiger charge is -2.27. The lowest BCUT2D eigenvalue weighted by molar-refractivity contribution is -0.127. The highest BCUT2D eigenvalue weighted by Gasteiger charge is 2.34. The van der Waals surface area contributed by atoms with Crippen molar-refractivity contribution in [2.75, 3.05) is 18.1 Å². The molecule has 1 saturated heterocycles. The van der Waals surface area contributed by atoms with Crippen molar-refractivity contribution < 1.29 is 19.0 Å². The summed E-state index contributed by atoms with van der Waals surface area (Å²) in [4.78, 5) is 14.2. The van der Waals surface area contributed by atoms with Gasteiger partial charge in [0.25, 0.3) is 5.91 Å². The third-order valence-corrected chi connectivity index (χ3v) is 4.03. The number of benzene rings is 1. The van der Waals surface area contributed by atoms with Gasteiger partial charge >= 0.3 is 0 Å². The zero-order chi connectivity index (χ0) is 16.8. The van der Waals surface area contributed by atoms with Gasteiger partial charge in [0, 0.05) is 12.3 Å². The van der Waals surface area contributed by atoms with Gasteiger partial charge in [0.15, 0.2) is 6.29 Å². The maximum absolute atomic E-state index is 12.7. The highest BCUT2D eigenvalue weighted by Crippen LogP contribution is 2.23. The number of halogens is 1. The SMILES string of the molecule is CCCOC(Cl)C(=O)N(CC1OC(C)C(C)O1)c1ccccc1. The lowest BCUT2D eigenvalue weighted by Crippen LogP contribution is -2.43. The fourth-order valence-corrected chi connectivity index (χ4v) is 2.52. The summed E-state index contributed by atoms with van der Waals surface area (Å²) in [7, 11) is 0. The molecule has 1 amide bonds. The number of ether oxygens (including phenoxy) is 3. The quantitative estimate of drug-likeness (QED) is 0.715. The van der Waals surface area contributed by atoms with Crippen LogP contribution in [0.2, 0.25) is 0 Å². The second kappa shape index (κ2) is 8.64. The Morgan fingerprint density at radius 2 is 1.87 bits per heavy atom. The molecule has 0 bridgehead atoms. The van der Waals surface area contributed by atoms with E-state index in [0.29, 0.717) is 6.61 Å². The monoisotopic (exact) mass is 341 g/mol. The standard InChI is InChI=1S/C17H24ClNO4/c1-4-10-21-16(18)17(20)19(14-8-6-5-7-9-14)11-15-22-12(2)13(3)23-15/h5-9,12-13,15-16H,4,10-11H2,1-3H3. The number of hydrogen-bond acceptors (Lipinski definition) is 4. The first-order valence-electron chi connectivity index (χ1n) is 7.96. The van der Waals surface area contributed by atoms with Gasteiger partial charge in [-0.1, -0.05) is 36.7 Å². The van der Waals surface area contributed by atoms with E-state index in [-0.39, 0.29) is 24.7 Å². The molecular weight excluding hydrogens is 318 g/mol. The number of para-hydroxylation sites is 1. The van der Waals surface area contributed by atoms with Crippen molar-refractivity contribution in [1.82, 2.24) is 0 Å². The van der Waals surface area contributed by atoms with E-state index >= 15 is 0 Å². The normalized spacial score (nSPS) is 25.3. The van der Waals surface area contributed by atoms with Crippen LogP contribution in [-0.4, -0.2) is 43.1 Å². The van der Waals surface area contributed by atoms with Gasteiger partial charge in [0.1, 0.15) is 0 Å². The van der Waals surface area contributed by atoms with Crippen LogP contribution in [0.4, 0.5) is 5.69 Å². The van der Waals surface area contributed by atoms with Crippen LogP contribution in [0.25, 0.3) is 0 Å². The van der Waals surface area contributed by atoms with Crippen molar-refractivity contribution >= 4 is 23.2 Å². The number of carbonyl (C=O) groups is 1. The molecule has 1 aliphatic rings. The third kappa shape index (κ3) is 4.91. The summed E-state index contributed by atoms with van der Waals surface area (Å²) in [5.41, 5.74) is -0.283. The van der Waals surface area contributed by atoms with Gasteiger partial charge in [-0.3, -0.25) is 4.79 Å². The molecule has 1 aromatic rings. The summed E-state index contributed by atoms with van der Waals surface area (Å²) in [6.07, 6.45) is 0.317. The average Bonchev–Trinajstić information content (AvgIpc) is 2.88. The second-order valence-corrected chi connectivity index (χ2v) is 5.98. The zero-order valence-corrected chi connectivity index (χ0v) is 14.5. The predicted molar refractivity (Wildman–Crippen MR) is 89.6 cm³/mol. The van der Waals surface area contributed by atoms with Crippen LogP contribution in [0, 0.1) is 0 Å². The number of amides is 1. The van der Waals surface area contributed by atoms with Gasteiger partial charge in [-0.15, -0.1) is 0 Å². The van der Waals surface area contributed by atoms with Crippen molar-refractivity contribution in [3.05, 3.63) is 30.3 Å². The lowest BCUT2D eigenvalue weighted by atomic mass is 10.2. The largest absolute Gasteiger partial charge is 0.353 e. The Balaban J connectivity index is 2.11. The second-order valence-electron chi connectivity index (χ2n) is 5.58. The molecule has 0 aliphatic carbocycles. The van der Waals surface area contributed by atoms with Crippen molar-refractivity contribution in [3.8, 4) is 0 Å². The highest BCUT2D eigenvalue weighted by atomic mass is 35.5. The van der Waals surface area contributed by atoms with Gasteiger partial charge < -0.3 is 19.1 Å². The Labute approximate surface area is 142 Å². The van der Waals surface area contributed by atoms with Crippen LogP contribution in [-0.2, 0) is 19.0 Å². The summed E-state index contributed by atoms with van der Waals surface area (Å²) in [6, 6.07) is 9.33. The van der Waals surface area contributed by atoms with E-state index in [4.69, 9.17) is 25.8 Å². The number of anilines is 1. The summed E-state index contributed by atoms with van der Waals surface area (Å²) >= 11 is 6.10. The third-order valence-electron chi connectivity index (χ3n) is 3.72. The minimum absolute atomic E-state index is 0.00383. The average molecular weight is 342 g/mol. The molecule has 1 heterocycles. The fourth-order valence-electron chi connectivity index (χ4n) is 2.31. The molecule has 5 nitrogen and oxygen atoms in total. The number of alkyl halides is 1. The van der Waals surface area contributed by atoms with Crippen LogP contribution < -0.4 is 4.90 Å². The molecule has 6 heteroatoms. The maximum atomic E-state index is 12.7. The minimum Gasteiger partial charge on any atom is -0.353 e. The molecule has 0 aromatic heterocycles. The first-order chi connectivity index (χ1) is 11.0. The van der Waals surface area contributed by atoms with E-state index < -0.39 is 11.9 Å². The van der Waals surface area contributed by atoms with Gasteiger partial charge in [-0.2, -0.15) is 0 Å². The Kier molecular flexibility index (Phi) is 6.84.